The minimum Gasteiger partial charge on any atom is -0.469 e. The molecule has 1 saturated carbocycles. The highest BCUT2D eigenvalue weighted by Gasteiger charge is 2.36. The third-order valence-corrected chi connectivity index (χ3v) is 7.76. The Kier molecular flexibility index (Phi) is 14.4. The molecule has 0 bridgehead atoms. The zero-order valence-electron chi connectivity index (χ0n) is 23.9. The molecule has 0 radical (unpaired) electrons. The first-order chi connectivity index (χ1) is 19.1. The van der Waals surface area contributed by atoms with E-state index in [1.54, 1.807) is 12.1 Å². The number of benzene rings is 1. The van der Waals surface area contributed by atoms with Crippen molar-refractivity contribution in [2.75, 3.05) is 13.7 Å². The second-order valence-electron chi connectivity index (χ2n) is 10.7. The lowest BCUT2D eigenvalue weighted by Gasteiger charge is -2.27. The summed E-state index contributed by atoms with van der Waals surface area (Å²) in [7, 11) is 1.42. The van der Waals surface area contributed by atoms with Gasteiger partial charge in [-0.25, -0.2) is 4.79 Å². The minimum atomic E-state index is -0.257. The number of hydrogen-bond donors (Lipinski definition) is 0. The molecule has 0 aromatic heterocycles. The molecule has 1 aromatic carbocycles. The number of carbonyl (C=O) groups is 2. The fraction of sp³-hybridized carbons (Fsp3) is 0.636. The first-order valence-corrected chi connectivity index (χ1v) is 15.0. The molecule has 0 spiro atoms. The summed E-state index contributed by atoms with van der Waals surface area (Å²) in [4.78, 5) is 24.2. The quantitative estimate of drug-likeness (QED) is 0.122. The maximum Gasteiger partial charge on any atom is 0.338 e. The lowest BCUT2D eigenvalue weighted by Crippen LogP contribution is -2.27. The van der Waals surface area contributed by atoms with Gasteiger partial charge in [0.15, 0.2) is 6.29 Å². The van der Waals surface area contributed by atoms with E-state index in [0.717, 1.165) is 70.8 Å². The van der Waals surface area contributed by atoms with E-state index in [2.05, 4.69) is 31.2 Å². The number of carbonyl (C=O) groups excluding carboxylic acids is 2. The minimum absolute atomic E-state index is 0.0417. The summed E-state index contributed by atoms with van der Waals surface area (Å²) >= 11 is 0. The summed E-state index contributed by atoms with van der Waals surface area (Å²) in [6.45, 7) is 3.00. The number of methoxy groups -OCH3 is 1. The van der Waals surface area contributed by atoms with Crippen molar-refractivity contribution in [2.24, 2.45) is 11.8 Å². The fourth-order valence-electron chi connectivity index (χ4n) is 5.47. The van der Waals surface area contributed by atoms with Crippen molar-refractivity contribution in [3.8, 4) is 0 Å². The maximum absolute atomic E-state index is 12.9. The Hall–Kier alpha value is -2.44. The van der Waals surface area contributed by atoms with Crippen LogP contribution in [0.2, 0.25) is 0 Å². The summed E-state index contributed by atoms with van der Waals surface area (Å²) in [6, 6.07) is 9.23. The van der Waals surface area contributed by atoms with Gasteiger partial charge in [-0.1, -0.05) is 68.7 Å². The fourth-order valence-corrected chi connectivity index (χ4v) is 5.47. The summed E-state index contributed by atoms with van der Waals surface area (Å²) in [5, 5.41) is 0. The second-order valence-corrected chi connectivity index (χ2v) is 10.7. The van der Waals surface area contributed by atoms with Crippen LogP contribution in [0.4, 0.5) is 0 Å². The van der Waals surface area contributed by atoms with E-state index in [0.29, 0.717) is 17.9 Å². The molecule has 6 nitrogen and oxygen atoms in total. The Morgan fingerprint density at radius 1 is 1.05 bits per heavy atom. The normalized spacial score (nSPS) is 24.3. The maximum atomic E-state index is 12.9. The van der Waals surface area contributed by atoms with Gasteiger partial charge < -0.3 is 18.9 Å². The third-order valence-electron chi connectivity index (χ3n) is 7.76. The number of allylic oxidation sites excluding steroid dienone is 3. The van der Waals surface area contributed by atoms with Crippen molar-refractivity contribution in [1.82, 2.24) is 0 Å². The summed E-state index contributed by atoms with van der Waals surface area (Å²) in [5.74, 6) is 0.0787. The van der Waals surface area contributed by atoms with Crippen molar-refractivity contribution < 1.29 is 28.5 Å². The van der Waals surface area contributed by atoms with E-state index in [9.17, 15) is 9.59 Å². The zero-order chi connectivity index (χ0) is 27.7. The molecular weight excluding hydrogens is 492 g/mol. The van der Waals surface area contributed by atoms with E-state index in [1.807, 2.05) is 18.2 Å². The molecule has 1 heterocycles. The molecule has 1 unspecified atom stereocenters. The first-order valence-electron chi connectivity index (χ1n) is 15.0. The predicted octanol–water partition coefficient (Wildman–Crippen LogP) is 7.58. The topological polar surface area (TPSA) is 71.1 Å². The average molecular weight is 541 g/mol. The highest BCUT2D eigenvalue weighted by atomic mass is 16.7. The zero-order valence-corrected chi connectivity index (χ0v) is 23.9. The molecule has 3 rings (SSSR count). The molecule has 1 aliphatic carbocycles. The van der Waals surface area contributed by atoms with Crippen LogP contribution in [0.15, 0.2) is 54.6 Å². The molecule has 1 aromatic rings. The van der Waals surface area contributed by atoms with Crippen LogP contribution in [-0.4, -0.2) is 44.2 Å². The highest BCUT2D eigenvalue weighted by molar-refractivity contribution is 5.89. The number of rotatable bonds is 16. The largest absolute Gasteiger partial charge is 0.469 e. The molecule has 2 aliphatic rings. The number of ether oxygens (including phenoxy) is 4. The van der Waals surface area contributed by atoms with Gasteiger partial charge in [0.1, 0.15) is 6.10 Å². The first kappa shape index (κ1) is 31.1. The van der Waals surface area contributed by atoms with Crippen LogP contribution in [0.5, 0.6) is 0 Å². The van der Waals surface area contributed by atoms with Gasteiger partial charge in [-0.2, -0.15) is 0 Å². The Morgan fingerprint density at radius 3 is 2.64 bits per heavy atom. The number of hydrogen-bond acceptors (Lipinski definition) is 6. The lowest BCUT2D eigenvalue weighted by atomic mass is 9.90. The molecule has 1 saturated heterocycles. The standard InChI is InChI=1S/C33H48O6/c1-3-4-8-17-28(38-32-20-13-14-25-37-32)23-21-26-22-24-30(39-33(35)27-15-9-7-10-16-27)29(26)18-11-5-6-12-19-31(34)36-2/h5,7,9-11,15-16,21,23,26,28-30,32H,3-4,6,8,12-14,17-20,22,24-25H2,1-2H3/b11-5-,23-21+/t26-,28-,29+,30+,32?/m0/s1. The van der Waals surface area contributed by atoms with Gasteiger partial charge in [-0.05, 0) is 75.8 Å². The van der Waals surface area contributed by atoms with Crippen LogP contribution in [0.25, 0.3) is 0 Å². The van der Waals surface area contributed by atoms with Crippen LogP contribution in [0.3, 0.4) is 0 Å². The van der Waals surface area contributed by atoms with Crippen molar-refractivity contribution in [1.29, 1.82) is 0 Å². The number of esters is 2. The Bertz CT molecular complexity index is 889. The van der Waals surface area contributed by atoms with Crippen molar-refractivity contribution >= 4 is 11.9 Å². The average Bonchev–Trinajstić information content (AvgIpc) is 3.35. The molecule has 1 aliphatic heterocycles. The summed E-state index contributed by atoms with van der Waals surface area (Å²) in [5.41, 5.74) is 0.588. The Balaban J connectivity index is 1.64. The molecule has 5 atom stereocenters. The summed E-state index contributed by atoms with van der Waals surface area (Å²) in [6.07, 6.45) is 21.1. The van der Waals surface area contributed by atoms with Gasteiger partial charge in [0, 0.05) is 18.9 Å². The second kappa shape index (κ2) is 18.0. The van der Waals surface area contributed by atoms with E-state index < -0.39 is 0 Å². The van der Waals surface area contributed by atoms with Gasteiger partial charge >= 0.3 is 11.9 Å². The molecule has 6 heteroatoms. The van der Waals surface area contributed by atoms with Crippen LogP contribution in [-0.2, 0) is 23.7 Å². The van der Waals surface area contributed by atoms with Gasteiger partial charge in [-0.15, -0.1) is 0 Å². The van der Waals surface area contributed by atoms with E-state index in [1.165, 1.54) is 20.0 Å². The van der Waals surface area contributed by atoms with Crippen molar-refractivity contribution in [2.45, 2.75) is 109 Å². The van der Waals surface area contributed by atoms with Crippen LogP contribution in [0, 0.1) is 11.8 Å². The van der Waals surface area contributed by atoms with Crippen molar-refractivity contribution in [3.05, 3.63) is 60.2 Å². The SMILES string of the molecule is CCCCC[C@@H](/C=C/[C@H]1CC[C@@H](OC(=O)c2ccccc2)[C@@H]1C/C=C\CCCC(=O)OC)OC1CCCCO1. The third kappa shape index (κ3) is 11.3. The van der Waals surface area contributed by atoms with E-state index >= 15 is 0 Å². The Morgan fingerprint density at radius 2 is 1.90 bits per heavy atom. The van der Waals surface area contributed by atoms with E-state index in [-0.39, 0.29) is 36.4 Å². The van der Waals surface area contributed by atoms with Gasteiger partial charge in [-0.3, -0.25) is 4.79 Å². The summed E-state index contributed by atoms with van der Waals surface area (Å²) < 4.78 is 23.0. The highest BCUT2D eigenvalue weighted by Crippen LogP contribution is 2.38. The molecule has 39 heavy (non-hydrogen) atoms. The molecule has 0 amide bonds. The van der Waals surface area contributed by atoms with E-state index in [4.69, 9.17) is 18.9 Å². The smallest absolute Gasteiger partial charge is 0.338 e. The van der Waals surface area contributed by atoms with Gasteiger partial charge in [0.25, 0.3) is 0 Å². The molecule has 216 valence electrons. The van der Waals surface area contributed by atoms with Crippen LogP contribution >= 0.6 is 0 Å². The van der Waals surface area contributed by atoms with Crippen LogP contribution < -0.4 is 0 Å². The Labute approximate surface area is 235 Å². The van der Waals surface area contributed by atoms with Gasteiger partial charge in [0.2, 0.25) is 0 Å². The predicted molar refractivity (Wildman–Crippen MR) is 153 cm³/mol. The van der Waals surface area contributed by atoms with Gasteiger partial charge in [0.05, 0.1) is 18.8 Å². The number of unbranched alkanes of at least 4 members (excludes halogenated alkanes) is 3. The molecule has 2 fully saturated rings. The van der Waals surface area contributed by atoms with Crippen molar-refractivity contribution in [3.63, 3.8) is 0 Å². The molecule has 0 N–H and O–H groups in total. The lowest BCUT2D eigenvalue weighted by molar-refractivity contribution is -0.179. The monoisotopic (exact) mass is 540 g/mol. The molecular formula is C33H48O6. The van der Waals surface area contributed by atoms with Crippen LogP contribution in [0.1, 0.15) is 101 Å².